The SMILES string of the molecule is CCOCCS(=O)(=O)N1CC(CC(=O)O)C1. The van der Waals surface area contributed by atoms with Crippen LogP contribution in [0.2, 0.25) is 0 Å². The maximum Gasteiger partial charge on any atom is 0.303 e. The van der Waals surface area contributed by atoms with E-state index in [-0.39, 0.29) is 24.7 Å². The number of hydrogen-bond acceptors (Lipinski definition) is 4. The summed E-state index contributed by atoms with van der Waals surface area (Å²) in [5.74, 6) is -0.948. The van der Waals surface area contributed by atoms with Crippen molar-refractivity contribution in [2.45, 2.75) is 13.3 Å². The van der Waals surface area contributed by atoms with E-state index >= 15 is 0 Å². The zero-order chi connectivity index (χ0) is 12.2. The zero-order valence-corrected chi connectivity index (χ0v) is 10.1. The van der Waals surface area contributed by atoms with E-state index in [1.807, 2.05) is 0 Å². The Morgan fingerprint density at radius 3 is 2.62 bits per heavy atom. The van der Waals surface area contributed by atoms with Gasteiger partial charge in [-0.15, -0.1) is 0 Å². The molecule has 0 aromatic heterocycles. The lowest BCUT2D eigenvalue weighted by Gasteiger charge is -2.37. The van der Waals surface area contributed by atoms with Crippen LogP contribution >= 0.6 is 0 Å². The van der Waals surface area contributed by atoms with Crippen LogP contribution in [-0.2, 0) is 19.6 Å². The molecule has 0 saturated carbocycles. The highest BCUT2D eigenvalue weighted by molar-refractivity contribution is 7.89. The van der Waals surface area contributed by atoms with Crippen LogP contribution in [-0.4, -0.2) is 55.9 Å². The monoisotopic (exact) mass is 251 g/mol. The van der Waals surface area contributed by atoms with Crippen molar-refractivity contribution in [3.8, 4) is 0 Å². The first-order chi connectivity index (χ1) is 7.45. The molecule has 1 aliphatic rings. The lowest BCUT2D eigenvalue weighted by atomic mass is 10.00. The Morgan fingerprint density at radius 2 is 2.12 bits per heavy atom. The maximum atomic E-state index is 11.6. The molecule has 0 spiro atoms. The standard InChI is InChI=1S/C9H17NO5S/c1-2-15-3-4-16(13,14)10-6-8(7-10)5-9(11)12/h8H,2-7H2,1H3,(H,11,12). The van der Waals surface area contributed by atoms with Crippen LogP contribution < -0.4 is 0 Å². The van der Waals surface area contributed by atoms with Crippen LogP contribution in [0.15, 0.2) is 0 Å². The molecule has 1 rings (SSSR count). The molecule has 0 radical (unpaired) electrons. The molecule has 0 aromatic carbocycles. The second kappa shape index (κ2) is 5.60. The van der Waals surface area contributed by atoms with Crippen molar-refractivity contribution in [1.29, 1.82) is 0 Å². The van der Waals surface area contributed by atoms with Gasteiger partial charge in [-0.2, -0.15) is 0 Å². The van der Waals surface area contributed by atoms with Gasteiger partial charge >= 0.3 is 5.97 Å². The third-order valence-electron chi connectivity index (χ3n) is 2.47. The van der Waals surface area contributed by atoms with E-state index in [2.05, 4.69) is 0 Å². The van der Waals surface area contributed by atoms with Gasteiger partial charge in [-0.25, -0.2) is 12.7 Å². The molecule has 0 unspecified atom stereocenters. The van der Waals surface area contributed by atoms with E-state index in [0.717, 1.165) is 0 Å². The lowest BCUT2D eigenvalue weighted by molar-refractivity contribution is -0.139. The first kappa shape index (κ1) is 13.4. The first-order valence-electron chi connectivity index (χ1n) is 5.23. The highest BCUT2D eigenvalue weighted by Gasteiger charge is 2.36. The summed E-state index contributed by atoms with van der Waals surface area (Å²) in [6.45, 7) is 3.14. The van der Waals surface area contributed by atoms with Crippen LogP contribution in [0.3, 0.4) is 0 Å². The minimum absolute atomic E-state index is 0.0272. The molecule has 6 nitrogen and oxygen atoms in total. The molecule has 0 aliphatic carbocycles. The number of sulfonamides is 1. The topological polar surface area (TPSA) is 83.9 Å². The van der Waals surface area contributed by atoms with Gasteiger partial charge in [0.15, 0.2) is 0 Å². The minimum Gasteiger partial charge on any atom is -0.481 e. The molecular weight excluding hydrogens is 234 g/mol. The van der Waals surface area contributed by atoms with Crippen molar-refractivity contribution in [3.63, 3.8) is 0 Å². The second-order valence-electron chi connectivity index (χ2n) is 3.79. The maximum absolute atomic E-state index is 11.6. The molecular formula is C9H17NO5S. The second-order valence-corrected chi connectivity index (χ2v) is 5.88. The predicted molar refractivity (Wildman–Crippen MR) is 57.6 cm³/mol. The number of rotatable bonds is 7. The number of carboxylic acid groups (broad SMARTS) is 1. The molecule has 0 bridgehead atoms. The Labute approximate surface area is 95.2 Å². The fourth-order valence-corrected chi connectivity index (χ4v) is 3.03. The number of ether oxygens (including phenoxy) is 1. The molecule has 1 N–H and O–H groups in total. The third kappa shape index (κ3) is 3.73. The number of carbonyl (C=O) groups is 1. The van der Waals surface area contributed by atoms with E-state index in [4.69, 9.17) is 9.84 Å². The molecule has 1 aliphatic heterocycles. The molecule has 0 aromatic rings. The van der Waals surface area contributed by atoms with Crippen molar-refractivity contribution in [2.75, 3.05) is 32.1 Å². The molecule has 0 atom stereocenters. The average molecular weight is 251 g/mol. The first-order valence-corrected chi connectivity index (χ1v) is 6.84. The van der Waals surface area contributed by atoms with Gasteiger partial charge in [0.2, 0.25) is 10.0 Å². The van der Waals surface area contributed by atoms with E-state index in [1.54, 1.807) is 6.92 Å². The summed E-state index contributed by atoms with van der Waals surface area (Å²) in [6, 6.07) is 0. The van der Waals surface area contributed by atoms with E-state index < -0.39 is 16.0 Å². The van der Waals surface area contributed by atoms with Gasteiger partial charge in [0.25, 0.3) is 0 Å². The van der Waals surface area contributed by atoms with Gasteiger partial charge in [0, 0.05) is 19.7 Å². The van der Waals surface area contributed by atoms with E-state index in [0.29, 0.717) is 19.7 Å². The molecule has 16 heavy (non-hydrogen) atoms. The summed E-state index contributed by atoms with van der Waals surface area (Å²) >= 11 is 0. The smallest absolute Gasteiger partial charge is 0.303 e. The van der Waals surface area contributed by atoms with Crippen LogP contribution in [0.4, 0.5) is 0 Å². The molecule has 7 heteroatoms. The molecule has 1 saturated heterocycles. The van der Waals surface area contributed by atoms with E-state index in [9.17, 15) is 13.2 Å². The highest BCUT2D eigenvalue weighted by Crippen LogP contribution is 2.22. The van der Waals surface area contributed by atoms with Crippen molar-refractivity contribution in [2.24, 2.45) is 5.92 Å². The van der Waals surface area contributed by atoms with Gasteiger partial charge in [0.1, 0.15) is 0 Å². The summed E-state index contributed by atoms with van der Waals surface area (Å²) in [5, 5.41) is 8.52. The summed E-state index contributed by atoms with van der Waals surface area (Å²) in [5.41, 5.74) is 0. The summed E-state index contributed by atoms with van der Waals surface area (Å²) in [7, 11) is -3.25. The molecule has 0 amide bonds. The van der Waals surface area contributed by atoms with Gasteiger partial charge in [-0.1, -0.05) is 0 Å². The van der Waals surface area contributed by atoms with E-state index in [1.165, 1.54) is 4.31 Å². The Morgan fingerprint density at radius 1 is 1.50 bits per heavy atom. The zero-order valence-electron chi connectivity index (χ0n) is 9.26. The van der Waals surface area contributed by atoms with Gasteiger partial charge in [0.05, 0.1) is 18.8 Å². The normalized spacial score (nSPS) is 18.3. The fourth-order valence-electron chi connectivity index (χ4n) is 1.56. The summed E-state index contributed by atoms with van der Waals surface area (Å²) in [6.07, 6.45) is 0.0392. The Kier molecular flexibility index (Phi) is 4.69. The van der Waals surface area contributed by atoms with Crippen LogP contribution in [0.25, 0.3) is 0 Å². The van der Waals surface area contributed by atoms with Gasteiger partial charge < -0.3 is 9.84 Å². The van der Waals surface area contributed by atoms with Crippen LogP contribution in [0.1, 0.15) is 13.3 Å². The third-order valence-corrected chi connectivity index (χ3v) is 4.24. The van der Waals surface area contributed by atoms with Crippen molar-refractivity contribution < 1.29 is 23.1 Å². The van der Waals surface area contributed by atoms with Crippen molar-refractivity contribution in [3.05, 3.63) is 0 Å². The molecule has 94 valence electrons. The molecule has 1 fully saturated rings. The lowest BCUT2D eigenvalue weighted by Crippen LogP contribution is -2.51. The number of aliphatic carboxylic acids is 1. The Balaban J connectivity index is 2.29. The average Bonchev–Trinajstić information content (AvgIpc) is 2.10. The Hall–Kier alpha value is -0.660. The Bertz CT molecular complexity index is 334. The van der Waals surface area contributed by atoms with Crippen LogP contribution in [0, 0.1) is 5.92 Å². The largest absolute Gasteiger partial charge is 0.481 e. The predicted octanol–water partition coefficient (Wildman–Crippen LogP) is -0.241. The highest BCUT2D eigenvalue weighted by atomic mass is 32.2. The molecule has 1 heterocycles. The van der Waals surface area contributed by atoms with Crippen molar-refractivity contribution >= 4 is 16.0 Å². The van der Waals surface area contributed by atoms with Gasteiger partial charge in [-0.3, -0.25) is 4.79 Å². The van der Waals surface area contributed by atoms with Crippen LogP contribution in [0.5, 0.6) is 0 Å². The quantitative estimate of drug-likeness (QED) is 0.631. The summed E-state index contributed by atoms with van der Waals surface area (Å²) in [4.78, 5) is 10.4. The fraction of sp³-hybridized carbons (Fsp3) is 0.889. The number of hydrogen-bond donors (Lipinski definition) is 1. The minimum atomic E-state index is -3.25. The summed E-state index contributed by atoms with van der Waals surface area (Å²) < 4.78 is 29.5. The number of nitrogens with zero attached hydrogens (tertiary/aromatic N) is 1. The van der Waals surface area contributed by atoms with Gasteiger partial charge in [-0.05, 0) is 12.8 Å². The number of carboxylic acids is 1. The van der Waals surface area contributed by atoms with Crippen molar-refractivity contribution in [1.82, 2.24) is 4.31 Å².